The third-order valence-corrected chi connectivity index (χ3v) is 5.31. The molecule has 1 aliphatic rings. The summed E-state index contributed by atoms with van der Waals surface area (Å²) in [4.78, 5) is 1.02. The van der Waals surface area contributed by atoms with E-state index >= 15 is 0 Å². The molecule has 1 aliphatic heterocycles. The molecule has 1 N–H and O–H groups in total. The molecule has 92 valence electrons. The van der Waals surface area contributed by atoms with Crippen molar-refractivity contribution in [1.29, 1.82) is 0 Å². The van der Waals surface area contributed by atoms with Crippen molar-refractivity contribution in [3.63, 3.8) is 0 Å². The molecule has 0 saturated carbocycles. The van der Waals surface area contributed by atoms with Gasteiger partial charge in [0.05, 0.1) is 12.0 Å². The Morgan fingerprint density at radius 2 is 2.29 bits per heavy atom. The summed E-state index contributed by atoms with van der Waals surface area (Å²) >= 11 is 1.39. The van der Waals surface area contributed by atoms with Gasteiger partial charge in [0.15, 0.2) is 0 Å². The van der Waals surface area contributed by atoms with Crippen LogP contribution in [0.1, 0.15) is 23.8 Å². The topological polar surface area (TPSA) is 70.0 Å². The van der Waals surface area contributed by atoms with Crippen LogP contribution in [0.4, 0.5) is 0 Å². The van der Waals surface area contributed by atoms with Gasteiger partial charge in [-0.2, -0.15) is 5.10 Å². The summed E-state index contributed by atoms with van der Waals surface area (Å²) < 4.78 is 25.2. The number of nitrogens with zero attached hydrogens (tertiary/aromatic N) is 2. The third kappa shape index (κ3) is 2.24. The van der Waals surface area contributed by atoms with E-state index < -0.39 is 17.1 Å². The van der Waals surface area contributed by atoms with Crippen LogP contribution in [-0.4, -0.2) is 36.8 Å². The number of fused-ring (bicyclic) bond motifs is 1. The van der Waals surface area contributed by atoms with Gasteiger partial charge in [0.1, 0.15) is 0 Å². The molecule has 17 heavy (non-hydrogen) atoms. The Balaban J connectivity index is 2.37. The number of hydrogen-bond donors (Lipinski definition) is 1. The fourth-order valence-corrected chi connectivity index (χ4v) is 4.05. The largest absolute Gasteiger partial charge is 0.494 e. The van der Waals surface area contributed by atoms with Crippen molar-refractivity contribution in [2.24, 2.45) is 5.10 Å². The smallest absolute Gasteiger partial charge is 0.426 e. The van der Waals surface area contributed by atoms with Crippen molar-refractivity contribution >= 4 is 39.4 Å². The van der Waals surface area contributed by atoms with Gasteiger partial charge in [-0.25, -0.2) is 12.7 Å². The molecular formula is C9H13BN2O3S2. The van der Waals surface area contributed by atoms with Gasteiger partial charge in [0.25, 0.3) is 0 Å². The van der Waals surface area contributed by atoms with E-state index in [0.717, 1.165) is 14.8 Å². The first-order chi connectivity index (χ1) is 7.95. The van der Waals surface area contributed by atoms with Gasteiger partial charge in [0.2, 0.25) is 10.0 Å². The predicted molar refractivity (Wildman–Crippen MR) is 70.2 cm³/mol. The van der Waals surface area contributed by atoms with Gasteiger partial charge >= 0.3 is 7.05 Å². The molecule has 2 rings (SSSR count). The Morgan fingerprint density at radius 1 is 1.59 bits per heavy atom. The SMILES string of the molecule is CCCS(=O)(=O)N1N=Cc2cc(C)sc2B1O. The molecule has 1 aromatic heterocycles. The zero-order valence-electron chi connectivity index (χ0n) is 9.62. The fourth-order valence-electron chi connectivity index (χ4n) is 1.71. The molecule has 5 nitrogen and oxygen atoms in total. The second-order valence-corrected chi connectivity index (χ2v) is 7.12. The summed E-state index contributed by atoms with van der Waals surface area (Å²) in [5.41, 5.74) is 0.794. The van der Waals surface area contributed by atoms with Crippen molar-refractivity contribution < 1.29 is 13.4 Å². The zero-order valence-corrected chi connectivity index (χ0v) is 11.3. The summed E-state index contributed by atoms with van der Waals surface area (Å²) in [6, 6.07) is 1.89. The molecule has 8 heteroatoms. The Bertz CT molecular complexity index is 553. The van der Waals surface area contributed by atoms with E-state index in [2.05, 4.69) is 5.10 Å². The van der Waals surface area contributed by atoms with Crippen LogP contribution in [0.3, 0.4) is 0 Å². The van der Waals surface area contributed by atoms with Crippen LogP contribution in [0.15, 0.2) is 11.2 Å². The molecule has 0 atom stereocenters. The summed E-state index contributed by atoms with van der Waals surface area (Å²) in [5.74, 6) is -0.0128. The molecule has 0 amide bonds. The first kappa shape index (κ1) is 12.6. The lowest BCUT2D eigenvalue weighted by Crippen LogP contribution is -2.51. The molecule has 0 saturated heterocycles. The Kier molecular flexibility index (Phi) is 3.29. The maximum absolute atomic E-state index is 11.9. The van der Waals surface area contributed by atoms with E-state index in [1.54, 1.807) is 6.92 Å². The van der Waals surface area contributed by atoms with E-state index in [0.29, 0.717) is 11.2 Å². The number of aryl methyl sites for hydroxylation is 1. The highest BCUT2D eigenvalue weighted by molar-refractivity contribution is 7.90. The fraction of sp³-hybridized carbons (Fsp3) is 0.444. The van der Waals surface area contributed by atoms with Gasteiger partial charge in [-0.1, -0.05) is 6.92 Å². The van der Waals surface area contributed by atoms with Crippen molar-refractivity contribution in [3.8, 4) is 0 Å². The average Bonchev–Trinajstić information content (AvgIpc) is 2.59. The third-order valence-electron chi connectivity index (χ3n) is 2.42. The van der Waals surface area contributed by atoms with Gasteiger partial charge in [-0.3, -0.25) is 0 Å². The molecule has 0 spiro atoms. The number of rotatable bonds is 3. The molecular weight excluding hydrogens is 259 g/mol. The molecule has 0 unspecified atom stereocenters. The molecule has 1 aromatic rings. The van der Waals surface area contributed by atoms with E-state index in [4.69, 9.17) is 0 Å². The highest BCUT2D eigenvalue weighted by Crippen LogP contribution is 2.17. The van der Waals surface area contributed by atoms with Gasteiger partial charge < -0.3 is 5.02 Å². The van der Waals surface area contributed by atoms with E-state index in [1.165, 1.54) is 17.6 Å². The zero-order chi connectivity index (χ0) is 12.6. The minimum atomic E-state index is -3.52. The minimum Gasteiger partial charge on any atom is -0.426 e. The van der Waals surface area contributed by atoms with Crippen LogP contribution in [0.5, 0.6) is 0 Å². The maximum atomic E-state index is 11.9. The van der Waals surface area contributed by atoms with Crippen LogP contribution in [0.2, 0.25) is 0 Å². The predicted octanol–water partition coefficient (Wildman–Crippen LogP) is 0.133. The van der Waals surface area contributed by atoms with Crippen LogP contribution in [0, 0.1) is 6.92 Å². The van der Waals surface area contributed by atoms with Gasteiger partial charge in [-0.05, 0) is 19.4 Å². The average molecular weight is 272 g/mol. The Labute approximate surface area is 105 Å². The molecule has 0 aromatic carbocycles. The quantitative estimate of drug-likeness (QED) is 0.795. The second-order valence-electron chi connectivity index (χ2n) is 3.88. The Hall–Kier alpha value is -0.855. The van der Waals surface area contributed by atoms with E-state index in [1.807, 2.05) is 13.0 Å². The summed E-state index contributed by atoms with van der Waals surface area (Å²) in [6.07, 6.45) is 1.98. The number of hydrazone groups is 1. The summed E-state index contributed by atoms with van der Waals surface area (Å²) in [6.45, 7) is 3.69. The van der Waals surface area contributed by atoms with Crippen molar-refractivity contribution in [2.45, 2.75) is 20.3 Å². The van der Waals surface area contributed by atoms with Gasteiger partial charge in [0, 0.05) is 15.2 Å². The Morgan fingerprint density at radius 3 is 2.94 bits per heavy atom. The monoisotopic (exact) mass is 272 g/mol. The van der Waals surface area contributed by atoms with Crippen LogP contribution < -0.4 is 4.78 Å². The lowest BCUT2D eigenvalue weighted by Gasteiger charge is -2.23. The van der Waals surface area contributed by atoms with Crippen molar-refractivity contribution in [1.82, 2.24) is 4.33 Å². The molecule has 0 aliphatic carbocycles. The van der Waals surface area contributed by atoms with Crippen LogP contribution in [0.25, 0.3) is 0 Å². The van der Waals surface area contributed by atoms with E-state index in [9.17, 15) is 13.4 Å². The lowest BCUT2D eigenvalue weighted by molar-refractivity contribution is 0.476. The summed E-state index contributed by atoms with van der Waals surface area (Å²) in [5, 5.41) is 13.9. The summed E-state index contributed by atoms with van der Waals surface area (Å²) in [7, 11) is -4.71. The van der Waals surface area contributed by atoms with Crippen molar-refractivity contribution in [3.05, 3.63) is 16.5 Å². The lowest BCUT2D eigenvalue weighted by atomic mass is 9.80. The molecule has 2 heterocycles. The first-order valence-corrected chi connectivity index (χ1v) is 7.72. The number of thiophene rings is 1. The highest BCUT2D eigenvalue weighted by Gasteiger charge is 2.38. The molecule has 0 bridgehead atoms. The minimum absolute atomic E-state index is 0.0128. The van der Waals surface area contributed by atoms with Crippen LogP contribution in [-0.2, 0) is 10.0 Å². The van der Waals surface area contributed by atoms with E-state index in [-0.39, 0.29) is 5.75 Å². The second kappa shape index (κ2) is 4.43. The highest BCUT2D eigenvalue weighted by atomic mass is 32.2. The van der Waals surface area contributed by atoms with Crippen molar-refractivity contribution in [2.75, 3.05) is 5.75 Å². The number of hydrogen-bond acceptors (Lipinski definition) is 5. The maximum Gasteiger partial charge on any atom is 0.494 e. The standard InChI is InChI=1S/C9H13BN2O3S2/c1-3-4-17(14,15)12-10(13)9-8(6-11-12)5-7(2)16-9/h5-6,13H,3-4H2,1-2H3. The molecule has 0 radical (unpaired) electrons. The van der Waals surface area contributed by atoms with Gasteiger partial charge in [-0.15, -0.1) is 11.3 Å². The van der Waals surface area contributed by atoms with Crippen LogP contribution >= 0.6 is 11.3 Å². The molecule has 0 fully saturated rings. The normalized spacial score (nSPS) is 15.2. The first-order valence-electron chi connectivity index (χ1n) is 5.30. The number of sulfonamides is 1.